The van der Waals surface area contributed by atoms with E-state index in [1.165, 1.54) is 21.6 Å². The Morgan fingerprint density at radius 2 is 1.80 bits per heavy atom. The van der Waals surface area contributed by atoms with Gasteiger partial charge in [0.2, 0.25) is 10.0 Å². The number of hydrogen-bond acceptors (Lipinski definition) is 6. The molecule has 1 N–H and O–H groups in total. The van der Waals surface area contributed by atoms with Crippen molar-refractivity contribution < 1.29 is 17.2 Å². The van der Waals surface area contributed by atoms with Crippen molar-refractivity contribution in [3.05, 3.63) is 54.1 Å². The molecule has 0 aliphatic carbocycles. The van der Waals surface area contributed by atoms with E-state index in [-0.39, 0.29) is 11.4 Å². The number of hydrogen-bond donors (Lipinski definition) is 1. The van der Waals surface area contributed by atoms with E-state index in [0.717, 1.165) is 50.7 Å². The lowest BCUT2D eigenvalue weighted by Gasteiger charge is -2.35. The summed E-state index contributed by atoms with van der Waals surface area (Å²) >= 11 is 1.51. The maximum absolute atomic E-state index is 13.3. The van der Waals surface area contributed by atoms with Crippen LogP contribution in [0.5, 0.6) is 0 Å². The first-order chi connectivity index (χ1) is 14.4. The quantitative estimate of drug-likeness (QED) is 0.558. The Morgan fingerprint density at radius 1 is 1.03 bits per heavy atom. The van der Waals surface area contributed by atoms with Crippen LogP contribution in [0, 0.1) is 11.6 Å². The van der Waals surface area contributed by atoms with Crippen LogP contribution in [0.15, 0.2) is 47.4 Å². The van der Waals surface area contributed by atoms with Crippen molar-refractivity contribution in [1.29, 1.82) is 0 Å². The van der Waals surface area contributed by atoms with E-state index in [1.807, 2.05) is 12.1 Å². The molecule has 2 heterocycles. The van der Waals surface area contributed by atoms with Crippen molar-refractivity contribution in [2.24, 2.45) is 0 Å². The number of benzene rings is 2. The van der Waals surface area contributed by atoms with Crippen molar-refractivity contribution in [2.75, 3.05) is 44.2 Å². The summed E-state index contributed by atoms with van der Waals surface area (Å²) in [5.41, 5.74) is 0. The second-order valence-electron chi connectivity index (χ2n) is 7.16. The van der Waals surface area contributed by atoms with Gasteiger partial charge in [0.1, 0.15) is 5.82 Å². The number of anilines is 1. The minimum absolute atomic E-state index is 0.234. The zero-order valence-electron chi connectivity index (χ0n) is 16.2. The number of aromatic nitrogens is 1. The molecule has 0 amide bonds. The molecule has 1 aliphatic heterocycles. The molecule has 6 nitrogen and oxygen atoms in total. The Bertz CT molecular complexity index is 1130. The van der Waals surface area contributed by atoms with Gasteiger partial charge in [-0.2, -0.15) is 4.37 Å². The fraction of sp³-hybridized carbons (Fsp3) is 0.350. The van der Waals surface area contributed by atoms with E-state index in [4.69, 9.17) is 0 Å². The van der Waals surface area contributed by atoms with Gasteiger partial charge in [-0.3, -0.25) is 4.90 Å². The van der Waals surface area contributed by atoms with Crippen LogP contribution < -0.4 is 9.62 Å². The van der Waals surface area contributed by atoms with Gasteiger partial charge >= 0.3 is 0 Å². The first-order valence-corrected chi connectivity index (χ1v) is 12.0. The van der Waals surface area contributed by atoms with Crippen LogP contribution in [-0.2, 0) is 10.0 Å². The lowest BCUT2D eigenvalue weighted by atomic mass is 10.2. The molecule has 0 bridgehead atoms. The Morgan fingerprint density at radius 3 is 2.57 bits per heavy atom. The van der Waals surface area contributed by atoms with E-state index in [0.29, 0.717) is 12.5 Å². The molecule has 1 aromatic heterocycles. The van der Waals surface area contributed by atoms with Crippen molar-refractivity contribution >= 4 is 37.5 Å². The molecule has 160 valence electrons. The van der Waals surface area contributed by atoms with E-state index < -0.39 is 21.7 Å². The molecule has 1 aliphatic rings. The van der Waals surface area contributed by atoms with Crippen molar-refractivity contribution in [1.82, 2.24) is 14.0 Å². The number of halogens is 2. The molecule has 1 saturated heterocycles. The van der Waals surface area contributed by atoms with Crippen molar-refractivity contribution in [2.45, 2.75) is 11.3 Å². The number of fused-ring (bicyclic) bond motifs is 1. The van der Waals surface area contributed by atoms with E-state index in [9.17, 15) is 17.2 Å². The van der Waals surface area contributed by atoms with E-state index in [2.05, 4.69) is 31.0 Å². The Balaban J connectivity index is 1.24. The van der Waals surface area contributed by atoms with Crippen LogP contribution in [0.2, 0.25) is 0 Å². The average Bonchev–Trinajstić information content (AvgIpc) is 3.18. The van der Waals surface area contributed by atoms with E-state index >= 15 is 0 Å². The summed E-state index contributed by atoms with van der Waals surface area (Å²) in [7, 11) is -3.85. The molecular formula is C20H22F2N4O2S2. The first-order valence-electron chi connectivity index (χ1n) is 9.70. The molecule has 0 atom stereocenters. The average molecular weight is 453 g/mol. The van der Waals surface area contributed by atoms with Gasteiger partial charge in [-0.15, -0.1) is 0 Å². The van der Waals surface area contributed by atoms with Gasteiger partial charge in [0, 0.05) is 38.1 Å². The van der Waals surface area contributed by atoms with Gasteiger partial charge in [0.15, 0.2) is 11.6 Å². The minimum atomic E-state index is -3.85. The first kappa shape index (κ1) is 21.1. The standard InChI is InChI=1S/C20H22F2N4O2S2/c21-17-7-6-15(14-18(17)22)30(27,28)23-8-3-9-25-10-12-26(13-11-25)20-16-4-1-2-5-19(16)29-24-20/h1-2,4-7,14,23H,3,8-13H2. The van der Waals surface area contributed by atoms with Crippen LogP contribution in [0.1, 0.15) is 6.42 Å². The molecule has 10 heteroatoms. The summed E-state index contributed by atoms with van der Waals surface area (Å²) in [5, 5.41) is 1.18. The summed E-state index contributed by atoms with van der Waals surface area (Å²) in [6, 6.07) is 10.8. The molecule has 0 radical (unpaired) electrons. The molecule has 0 saturated carbocycles. The zero-order chi connectivity index (χ0) is 21.1. The molecule has 0 unspecified atom stereocenters. The van der Waals surface area contributed by atoms with Crippen LogP contribution in [-0.4, -0.2) is 57.0 Å². The third kappa shape index (κ3) is 4.61. The maximum Gasteiger partial charge on any atom is 0.240 e. The number of rotatable bonds is 7. The van der Waals surface area contributed by atoms with Gasteiger partial charge in [-0.25, -0.2) is 21.9 Å². The van der Waals surface area contributed by atoms with Crippen LogP contribution in [0.3, 0.4) is 0 Å². The lowest BCUT2D eigenvalue weighted by Crippen LogP contribution is -2.47. The molecule has 2 aromatic carbocycles. The van der Waals surface area contributed by atoms with Gasteiger partial charge in [-0.05, 0) is 54.8 Å². The van der Waals surface area contributed by atoms with E-state index in [1.54, 1.807) is 0 Å². The third-order valence-corrected chi connectivity index (χ3v) is 7.45. The molecule has 4 rings (SSSR count). The second-order valence-corrected chi connectivity index (χ2v) is 9.73. The van der Waals surface area contributed by atoms with Crippen LogP contribution in [0.25, 0.3) is 10.1 Å². The summed E-state index contributed by atoms with van der Waals surface area (Å²) in [6.07, 6.45) is 0.628. The van der Waals surface area contributed by atoms with Gasteiger partial charge in [0.25, 0.3) is 0 Å². The SMILES string of the molecule is O=S(=O)(NCCCN1CCN(c2nsc3ccccc23)CC1)c1ccc(F)c(F)c1. The molecule has 1 fully saturated rings. The smallest absolute Gasteiger partial charge is 0.240 e. The summed E-state index contributed by atoms with van der Waals surface area (Å²) in [6.45, 7) is 4.48. The minimum Gasteiger partial charge on any atom is -0.353 e. The molecular weight excluding hydrogens is 430 g/mol. The Kier molecular flexibility index (Phi) is 6.28. The maximum atomic E-state index is 13.3. The highest BCUT2D eigenvalue weighted by Gasteiger charge is 2.21. The number of nitrogens with zero attached hydrogens (tertiary/aromatic N) is 3. The Hall–Kier alpha value is -2.14. The van der Waals surface area contributed by atoms with Gasteiger partial charge in [-0.1, -0.05) is 12.1 Å². The van der Waals surface area contributed by atoms with Crippen LogP contribution in [0.4, 0.5) is 14.6 Å². The summed E-state index contributed by atoms with van der Waals surface area (Å²) in [5.74, 6) is -1.21. The second kappa shape index (κ2) is 8.93. The largest absolute Gasteiger partial charge is 0.353 e. The van der Waals surface area contributed by atoms with Gasteiger partial charge in [0.05, 0.1) is 9.60 Å². The number of sulfonamides is 1. The monoisotopic (exact) mass is 452 g/mol. The normalized spacial score (nSPS) is 15.7. The topological polar surface area (TPSA) is 65.5 Å². The van der Waals surface area contributed by atoms with Crippen molar-refractivity contribution in [3.63, 3.8) is 0 Å². The van der Waals surface area contributed by atoms with Crippen molar-refractivity contribution in [3.8, 4) is 0 Å². The van der Waals surface area contributed by atoms with Gasteiger partial charge < -0.3 is 4.90 Å². The number of piperazine rings is 1. The van der Waals surface area contributed by atoms with Crippen LogP contribution >= 0.6 is 11.5 Å². The highest BCUT2D eigenvalue weighted by atomic mass is 32.2. The highest BCUT2D eigenvalue weighted by Crippen LogP contribution is 2.29. The lowest BCUT2D eigenvalue weighted by molar-refractivity contribution is 0.255. The fourth-order valence-electron chi connectivity index (χ4n) is 3.52. The fourth-order valence-corrected chi connectivity index (χ4v) is 5.40. The molecule has 30 heavy (non-hydrogen) atoms. The summed E-state index contributed by atoms with van der Waals surface area (Å²) in [4.78, 5) is 4.31. The summed E-state index contributed by atoms with van der Waals surface area (Å²) < 4.78 is 58.9. The number of nitrogens with one attached hydrogen (secondary N) is 1. The predicted molar refractivity (Wildman–Crippen MR) is 114 cm³/mol. The zero-order valence-corrected chi connectivity index (χ0v) is 17.9. The Labute approximate surface area is 178 Å². The predicted octanol–water partition coefficient (Wildman–Crippen LogP) is 3.07. The molecule has 3 aromatic rings. The third-order valence-electron chi connectivity index (χ3n) is 5.17. The molecule has 0 spiro atoms. The highest BCUT2D eigenvalue weighted by molar-refractivity contribution is 7.89.